The third-order valence-corrected chi connectivity index (χ3v) is 2.27. The predicted octanol–water partition coefficient (Wildman–Crippen LogP) is 1.87. The van der Waals surface area contributed by atoms with E-state index < -0.39 is 0 Å². The lowest BCUT2D eigenvalue weighted by Crippen LogP contribution is -2.35. The quantitative estimate of drug-likeness (QED) is 0.612. The first-order valence-electron chi connectivity index (χ1n) is 4.09. The van der Waals surface area contributed by atoms with Crippen molar-refractivity contribution in [2.45, 2.75) is 32.4 Å². The molecule has 1 N–H and O–H groups in total. The Morgan fingerprint density at radius 3 is 3.18 bits per heavy atom. The Hall–Kier alpha value is -0.760. The van der Waals surface area contributed by atoms with Crippen molar-refractivity contribution < 1.29 is 4.42 Å². The Morgan fingerprint density at radius 1 is 1.55 bits per heavy atom. The zero-order valence-corrected chi connectivity index (χ0v) is 6.92. The van der Waals surface area contributed by atoms with E-state index in [-0.39, 0.29) is 0 Å². The first-order valence-corrected chi connectivity index (χ1v) is 4.09. The standard InChI is InChI=1S/C9H13NO/c1-6-5-9-8(3-4-11-9)7(2)10-6/h3-4,6-7,10H,5H2,1-2H3. The largest absolute Gasteiger partial charge is 0.469 e. The van der Waals surface area contributed by atoms with E-state index in [1.165, 1.54) is 5.56 Å². The van der Waals surface area contributed by atoms with Gasteiger partial charge in [0.25, 0.3) is 0 Å². The van der Waals surface area contributed by atoms with E-state index in [2.05, 4.69) is 25.2 Å². The molecule has 0 radical (unpaired) electrons. The number of nitrogens with one attached hydrogen (secondary N) is 1. The molecule has 2 unspecified atom stereocenters. The van der Waals surface area contributed by atoms with Crippen molar-refractivity contribution in [2.24, 2.45) is 0 Å². The molecule has 1 aromatic rings. The monoisotopic (exact) mass is 151 g/mol. The average Bonchev–Trinajstić information content (AvgIpc) is 2.34. The number of rotatable bonds is 0. The van der Waals surface area contributed by atoms with Crippen LogP contribution in [0.25, 0.3) is 0 Å². The normalized spacial score (nSPS) is 30.0. The van der Waals surface area contributed by atoms with Gasteiger partial charge in [-0.3, -0.25) is 0 Å². The van der Waals surface area contributed by atoms with Crippen molar-refractivity contribution in [1.82, 2.24) is 5.32 Å². The van der Waals surface area contributed by atoms with Gasteiger partial charge in [0.05, 0.1) is 6.26 Å². The van der Waals surface area contributed by atoms with Crippen LogP contribution in [0.1, 0.15) is 31.2 Å². The summed E-state index contributed by atoms with van der Waals surface area (Å²) < 4.78 is 5.36. The molecule has 0 aromatic carbocycles. The molecule has 2 heterocycles. The first-order chi connectivity index (χ1) is 5.27. The molecular formula is C9H13NO. The zero-order chi connectivity index (χ0) is 7.84. The summed E-state index contributed by atoms with van der Waals surface area (Å²) in [5.74, 6) is 1.16. The summed E-state index contributed by atoms with van der Waals surface area (Å²) in [5.41, 5.74) is 1.32. The van der Waals surface area contributed by atoms with E-state index in [0.717, 1.165) is 12.2 Å². The van der Waals surface area contributed by atoms with Crippen LogP contribution in [-0.2, 0) is 6.42 Å². The molecule has 0 spiro atoms. The van der Waals surface area contributed by atoms with E-state index in [0.29, 0.717) is 12.1 Å². The van der Waals surface area contributed by atoms with Gasteiger partial charge in [-0.25, -0.2) is 0 Å². The Kier molecular flexibility index (Phi) is 1.50. The third kappa shape index (κ3) is 1.07. The Balaban J connectivity index is 2.36. The molecule has 1 aliphatic rings. The number of furan rings is 1. The maximum absolute atomic E-state index is 5.36. The smallest absolute Gasteiger partial charge is 0.110 e. The molecule has 60 valence electrons. The van der Waals surface area contributed by atoms with Crippen LogP contribution in [0, 0.1) is 0 Å². The topological polar surface area (TPSA) is 25.2 Å². The minimum atomic E-state index is 0.451. The summed E-state index contributed by atoms with van der Waals surface area (Å²) in [6.45, 7) is 4.35. The molecule has 0 saturated heterocycles. The first kappa shape index (κ1) is 6.92. The number of hydrogen-bond acceptors (Lipinski definition) is 2. The third-order valence-electron chi connectivity index (χ3n) is 2.27. The number of hydrogen-bond donors (Lipinski definition) is 1. The van der Waals surface area contributed by atoms with Crippen molar-refractivity contribution in [3.8, 4) is 0 Å². The van der Waals surface area contributed by atoms with E-state index in [4.69, 9.17) is 4.42 Å². The maximum atomic E-state index is 5.36. The van der Waals surface area contributed by atoms with Crippen molar-refractivity contribution in [3.63, 3.8) is 0 Å². The molecule has 2 atom stereocenters. The molecule has 0 fully saturated rings. The average molecular weight is 151 g/mol. The lowest BCUT2D eigenvalue weighted by Gasteiger charge is -2.25. The van der Waals surface area contributed by atoms with E-state index in [1.807, 2.05) is 0 Å². The summed E-state index contributed by atoms with van der Waals surface area (Å²) >= 11 is 0. The minimum absolute atomic E-state index is 0.451. The SMILES string of the molecule is CC1Cc2occc2C(C)N1. The van der Waals surface area contributed by atoms with Gasteiger partial charge in [0.1, 0.15) is 5.76 Å². The Labute approximate surface area is 66.6 Å². The zero-order valence-electron chi connectivity index (χ0n) is 6.92. The van der Waals surface area contributed by atoms with Gasteiger partial charge in [-0.15, -0.1) is 0 Å². The molecule has 0 aliphatic carbocycles. The highest BCUT2D eigenvalue weighted by atomic mass is 16.3. The summed E-state index contributed by atoms with van der Waals surface area (Å²) in [4.78, 5) is 0. The van der Waals surface area contributed by atoms with Crippen LogP contribution in [0.5, 0.6) is 0 Å². The molecule has 2 rings (SSSR count). The van der Waals surface area contributed by atoms with Crippen LogP contribution in [0.15, 0.2) is 16.7 Å². The molecule has 1 aromatic heterocycles. The Bertz CT molecular complexity index is 254. The fraction of sp³-hybridized carbons (Fsp3) is 0.556. The van der Waals surface area contributed by atoms with E-state index in [9.17, 15) is 0 Å². The van der Waals surface area contributed by atoms with E-state index in [1.54, 1.807) is 6.26 Å². The molecule has 1 aliphatic heterocycles. The van der Waals surface area contributed by atoms with Crippen LogP contribution in [-0.4, -0.2) is 6.04 Å². The Morgan fingerprint density at radius 2 is 2.36 bits per heavy atom. The molecule has 0 amide bonds. The molecular weight excluding hydrogens is 138 g/mol. The van der Waals surface area contributed by atoms with Crippen molar-refractivity contribution in [3.05, 3.63) is 23.7 Å². The fourth-order valence-electron chi connectivity index (χ4n) is 1.76. The summed E-state index contributed by atoms with van der Waals surface area (Å²) in [6.07, 6.45) is 2.80. The summed E-state index contributed by atoms with van der Waals surface area (Å²) in [6, 6.07) is 3.05. The molecule has 0 saturated carbocycles. The highest BCUT2D eigenvalue weighted by Gasteiger charge is 2.22. The van der Waals surface area contributed by atoms with Crippen molar-refractivity contribution in [1.29, 1.82) is 0 Å². The van der Waals surface area contributed by atoms with Gasteiger partial charge in [-0.1, -0.05) is 0 Å². The van der Waals surface area contributed by atoms with Gasteiger partial charge in [0.15, 0.2) is 0 Å². The summed E-state index contributed by atoms with van der Waals surface area (Å²) in [7, 11) is 0. The van der Waals surface area contributed by atoms with Crippen LogP contribution in [0.3, 0.4) is 0 Å². The minimum Gasteiger partial charge on any atom is -0.469 e. The maximum Gasteiger partial charge on any atom is 0.110 e. The lowest BCUT2D eigenvalue weighted by molar-refractivity contribution is 0.389. The molecule has 0 bridgehead atoms. The second-order valence-electron chi connectivity index (χ2n) is 3.29. The van der Waals surface area contributed by atoms with Gasteiger partial charge < -0.3 is 9.73 Å². The highest BCUT2D eigenvalue weighted by molar-refractivity contribution is 5.24. The molecule has 11 heavy (non-hydrogen) atoms. The van der Waals surface area contributed by atoms with Gasteiger partial charge in [0.2, 0.25) is 0 Å². The summed E-state index contributed by atoms with van der Waals surface area (Å²) in [5, 5.41) is 3.46. The van der Waals surface area contributed by atoms with Gasteiger partial charge in [-0.2, -0.15) is 0 Å². The van der Waals surface area contributed by atoms with Gasteiger partial charge >= 0.3 is 0 Å². The molecule has 2 nitrogen and oxygen atoms in total. The van der Waals surface area contributed by atoms with Crippen LogP contribution in [0.4, 0.5) is 0 Å². The fourth-order valence-corrected chi connectivity index (χ4v) is 1.76. The van der Waals surface area contributed by atoms with Crippen LogP contribution < -0.4 is 5.32 Å². The van der Waals surface area contributed by atoms with Crippen molar-refractivity contribution in [2.75, 3.05) is 0 Å². The van der Waals surface area contributed by atoms with Crippen LogP contribution in [0.2, 0.25) is 0 Å². The highest BCUT2D eigenvalue weighted by Crippen LogP contribution is 2.25. The lowest BCUT2D eigenvalue weighted by atomic mass is 9.99. The van der Waals surface area contributed by atoms with Crippen molar-refractivity contribution >= 4 is 0 Å². The predicted molar refractivity (Wildman–Crippen MR) is 43.4 cm³/mol. The second kappa shape index (κ2) is 2.38. The number of fused-ring (bicyclic) bond motifs is 1. The van der Waals surface area contributed by atoms with Gasteiger partial charge in [0, 0.05) is 24.1 Å². The molecule has 2 heteroatoms. The second-order valence-corrected chi connectivity index (χ2v) is 3.29. The van der Waals surface area contributed by atoms with Crippen LogP contribution >= 0.6 is 0 Å². The van der Waals surface area contributed by atoms with Gasteiger partial charge in [-0.05, 0) is 19.9 Å². The van der Waals surface area contributed by atoms with E-state index >= 15 is 0 Å².